The van der Waals surface area contributed by atoms with Gasteiger partial charge in [0, 0.05) is 24.6 Å². The van der Waals surface area contributed by atoms with Gasteiger partial charge in [-0.2, -0.15) is 0 Å². The van der Waals surface area contributed by atoms with E-state index in [-0.39, 0.29) is 6.03 Å². The number of nitrogens with one attached hydrogen (secondary N) is 2. The number of carbonyl (C=O) groups is 1. The molecule has 0 unspecified atom stereocenters. The van der Waals surface area contributed by atoms with Crippen molar-refractivity contribution in [2.24, 2.45) is 0 Å². The van der Waals surface area contributed by atoms with Gasteiger partial charge in [-0.25, -0.2) is 4.79 Å². The molecule has 2 amide bonds. The van der Waals surface area contributed by atoms with Crippen LogP contribution in [0.2, 0.25) is 0 Å². The van der Waals surface area contributed by atoms with Crippen molar-refractivity contribution in [3.05, 3.63) is 60.4 Å². The lowest BCUT2D eigenvalue weighted by Crippen LogP contribution is -2.28. The van der Waals surface area contributed by atoms with Gasteiger partial charge in [-0.15, -0.1) is 0 Å². The van der Waals surface area contributed by atoms with Crippen LogP contribution in [-0.4, -0.2) is 11.0 Å². The molecule has 1 aromatic heterocycles. The third-order valence-corrected chi connectivity index (χ3v) is 2.23. The molecule has 0 aliphatic carbocycles. The van der Waals surface area contributed by atoms with Crippen LogP contribution in [0.3, 0.4) is 0 Å². The molecule has 4 nitrogen and oxygen atoms in total. The fourth-order valence-electron chi connectivity index (χ4n) is 1.38. The van der Waals surface area contributed by atoms with Crippen molar-refractivity contribution >= 4 is 11.7 Å². The first kappa shape index (κ1) is 15.7. The van der Waals surface area contributed by atoms with Crippen LogP contribution >= 0.6 is 0 Å². The van der Waals surface area contributed by atoms with Gasteiger partial charge in [0.2, 0.25) is 0 Å². The maximum absolute atomic E-state index is 11.5. The van der Waals surface area contributed by atoms with E-state index in [4.69, 9.17) is 0 Å². The molecule has 0 aliphatic heterocycles. The maximum atomic E-state index is 11.5. The second kappa shape index (κ2) is 9.55. The summed E-state index contributed by atoms with van der Waals surface area (Å²) >= 11 is 0. The molecule has 0 saturated heterocycles. The molecule has 2 N–H and O–H groups in total. The van der Waals surface area contributed by atoms with Crippen molar-refractivity contribution in [2.45, 2.75) is 26.8 Å². The maximum Gasteiger partial charge on any atom is 0.319 e. The highest BCUT2D eigenvalue weighted by molar-refractivity contribution is 5.89. The van der Waals surface area contributed by atoms with E-state index in [0.29, 0.717) is 6.54 Å². The van der Waals surface area contributed by atoms with Gasteiger partial charge in [0.25, 0.3) is 0 Å². The average Bonchev–Trinajstić information content (AvgIpc) is 2.48. The standard InChI is InChI=1S/C13H13N3O.C3H8/c17-13(16-12-4-2-1-3-5-12)15-10-11-6-8-14-9-7-11;1-3-2/h1-9H,10H2,(H2,15,16,17);3H2,1-2H3. The second-order valence-corrected chi connectivity index (χ2v) is 4.24. The van der Waals surface area contributed by atoms with Crippen LogP contribution in [-0.2, 0) is 6.54 Å². The summed E-state index contributed by atoms with van der Waals surface area (Å²) < 4.78 is 0. The Hall–Kier alpha value is -2.36. The van der Waals surface area contributed by atoms with Crippen LogP contribution < -0.4 is 10.6 Å². The molecule has 2 rings (SSSR count). The van der Waals surface area contributed by atoms with Crippen LogP contribution in [0.1, 0.15) is 25.8 Å². The van der Waals surface area contributed by atoms with Crippen LogP contribution in [0.15, 0.2) is 54.9 Å². The van der Waals surface area contributed by atoms with E-state index in [9.17, 15) is 4.79 Å². The first-order chi connectivity index (χ1) is 9.76. The second-order valence-electron chi connectivity index (χ2n) is 4.24. The molecule has 0 fully saturated rings. The van der Waals surface area contributed by atoms with E-state index in [0.717, 1.165) is 11.3 Å². The number of anilines is 1. The number of carbonyl (C=O) groups excluding carboxylic acids is 1. The number of amides is 2. The number of urea groups is 1. The summed E-state index contributed by atoms with van der Waals surface area (Å²) in [6.07, 6.45) is 4.65. The van der Waals surface area contributed by atoms with E-state index in [1.54, 1.807) is 12.4 Å². The van der Waals surface area contributed by atoms with Gasteiger partial charge in [-0.3, -0.25) is 4.98 Å². The highest BCUT2D eigenvalue weighted by Crippen LogP contribution is 2.04. The van der Waals surface area contributed by atoms with Gasteiger partial charge in [-0.1, -0.05) is 38.5 Å². The molecule has 106 valence electrons. The Morgan fingerprint density at radius 1 is 1.05 bits per heavy atom. The molecule has 0 atom stereocenters. The molecule has 20 heavy (non-hydrogen) atoms. The Balaban J connectivity index is 0.000000612. The van der Waals surface area contributed by atoms with Crippen molar-refractivity contribution in [1.82, 2.24) is 10.3 Å². The van der Waals surface area contributed by atoms with Crippen molar-refractivity contribution < 1.29 is 4.79 Å². The van der Waals surface area contributed by atoms with Crippen LogP contribution in [0.25, 0.3) is 0 Å². The molecule has 4 heteroatoms. The highest BCUT2D eigenvalue weighted by Gasteiger charge is 2.00. The smallest absolute Gasteiger partial charge is 0.319 e. The molecule has 0 spiro atoms. The summed E-state index contributed by atoms with van der Waals surface area (Å²) in [5, 5.41) is 5.52. The third kappa shape index (κ3) is 6.54. The number of rotatable bonds is 3. The quantitative estimate of drug-likeness (QED) is 0.891. The Morgan fingerprint density at radius 2 is 1.65 bits per heavy atom. The van der Waals surface area contributed by atoms with Gasteiger partial charge in [0.05, 0.1) is 0 Å². The first-order valence-corrected chi connectivity index (χ1v) is 6.75. The Bertz CT molecular complexity index is 486. The predicted octanol–water partition coefficient (Wildman–Crippen LogP) is 3.82. The SMILES string of the molecule is CCC.O=C(NCc1ccncc1)Nc1ccccc1. The Morgan fingerprint density at radius 3 is 2.25 bits per heavy atom. The molecule has 0 saturated carbocycles. The molecular weight excluding hydrogens is 250 g/mol. The summed E-state index contributed by atoms with van der Waals surface area (Å²) in [6, 6.07) is 12.8. The van der Waals surface area contributed by atoms with Crippen LogP contribution in [0.5, 0.6) is 0 Å². The van der Waals surface area contributed by atoms with Gasteiger partial charge >= 0.3 is 6.03 Å². The normalized spacial score (nSPS) is 9.10. The number of nitrogens with zero attached hydrogens (tertiary/aromatic N) is 1. The zero-order valence-electron chi connectivity index (χ0n) is 12.0. The van der Waals surface area contributed by atoms with E-state index in [1.807, 2.05) is 42.5 Å². The topological polar surface area (TPSA) is 54.0 Å². The largest absolute Gasteiger partial charge is 0.334 e. The molecule has 2 aromatic rings. The summed E-state index contributed by atoms with van der Waals surface area (Å²) in [7, 11) is 0. The number of hydrogen-bond donors (Lipinski definition) is 2. The highest BCUT2D eigenvalue weighted by atomic mass is 16.2. The molecule has 0 aliphatic rings. The minimum absolute atomic E-state index is 0.215. The Kier molecular flexibility index (Phi) is 7.50. The summed E-state index contributed by atoms with van der Waals surface area (Å²) in [4.78, 5) is 15.5. The zero-order chi connectivity index (χ0) is 14.6. The lowest BCUT2D eigenvalue weighted by molar-refractivity contribution is 0.251. The molecule has 0 bridgehead atoms. The summed E-state index contributed by atoms with van der Waals surface area (Å²) in [5.41, 5.74) is 1.79. The monoisotopic (exact) mass is 271 g/mol. The fraction of sp³-hybridized carbons (Fsp3) is 0.250. The number of hydrogen-bond acceptors (Lipinski definition) is 2. The molecule has 1 aromatic carbocycles. The van der Waals surface area contributed by atoms with Crippen LogP contribution in [0, 0.1) is 0 Å². The van der Waals surface area contributed by atoms with Gasteiger partial charge < -0.3 is 10.6 Å². The summed E-state index contributed by atoms with van der Waals surface area (Å²) in [5.74, 6) is 0. The van der Waals surface area contributed by atoms with Gasteiger partial charge in [-0.05, 0) is 29.8 Å². The first-order valence-electron chi connectivity index (χ1n) is 6.75. The Labute approximate surface area is 120 Å². The van der Waals surface area contributed by atoms with E-state index < -0.39 is 0 Å². The zero-order valence-corrected chi connectivity index (χ0v) is 12.0. The number of aromatic nitrogens is 1. The van der Waals surface area contributed by atoms with E-state index in [1.165, 1.54) is 6.42 Å². The van der Waals surface area contributed by atoms with Crippen molar-refractivity contribution in [3.63, 3.8) is 0 Å². The van der Waals surface area contributed by atoms with Crippen LogP contribution in [0.4, 0.5) is 10.5 Å². The van der Waals surface area contributed by atoms with Crippen molar-refractivity contribution in [3.8, 4) is 0 Å². The van der Waals surface area contributed by atoms with E-state index in [2.05, 4.69) is 29.5 Å². The predicted molar refractivity (Wildman–Crippen MR) is 82.5 cm³/mol. The lowest BCUT2D eigenvalue weighted by Gasteiger charge is -2.07. The minimum Gasteiger partial charge on any atom is -0.334 e. The number of para-hydroxylation sites is 1. The third-order valence-electron chi connectivity index (χ3n) is 2.23. The van der Waals surface area contributed by atoms with E-state index >= 15 is 0 Å². The lowest BCUT2D eigenvalue weighted by atomic mass is 10.3. The average molecular weight is 271 g/mol. The van der Waals surface area contributed by atoms with Gasteiger partial charge in [0.1, 0.15) is 0 Å². The molecular formula is C16H21N3O. The minimum atomic E-state index is -0.215. The van der Waals surface area contributed by atoms with Gasteiger partial charge in [0.15, 0.2) is 0 Å². The molecule has 0 radical (unpaired) electrons. The fourth-order valence-corrected chi connectivity index (χ4v) is 1.38. The summed E-state index contributed by atoms with van der Waals surface area (Å²) in [6.45, 7) is 4.74. The number of pyridine rings is 1. The number of benzene rings is 1. The van der Waals surface area contributed by atoms with Crippen molar-refractivity contribution in [1.29, 1.82) is 0 Å². The molecule has 1 heterocycles. The van der Waals surface area contributed by atoms with Crippen molar-refractivity contribution in [2.75, 3.05) is 5.32 Å².